The second-order valence-corrected chi connectivity index (χ2v) is 8.68. The molecule has 0 aromatic heterocycles. The van der Waals surface area contributed by atoms with Gasteiger partial charge in [-0.25, -0.2) is 12.7 Å². The predicted octanol–water partition coefficient (Wildman–Crippen LogP) is 2.71. The lowest BCUT2D eigenvalue weighted by Crippen LogP contribution is -2.47. The molecule has 1 aromatic rings. The minimum Gasteiger partial charge on any atom is -0.299 e. The molecule has 1 heterocycles. The van der Waals surface area contributed by atoms with Gasteiger partial charge in [0, 0.05) is 32.7 Å². The number of likely N-dealkylation sites (tertiary alicyclic amines) is 1. The lowest BCUT2D eigenvalue weighted by Gasteiger charge is -2.37. The van der Waals surface area contributed by atoms with Gasteiger partial charge in [0.1, 0.15) is 0 Å². The average Bonchev–Trinajstić information content (AvgIpc) is 2.55. The lowest BCUT2D eigenvalue weighted by atomic mass is 10.0. The Hall–Kier alpha value is -0.910. The Balaban J connectivity index is 1.89. The molecule has 2 rings (SSSR count). The van der Waals surface area contributed by atoms with Gasteiger partial charge in [0.25, 0.3) is 0 Å². The van der Waals surface area contributed by atoms with Gasteiger partial charge >= 0.3 is 0 Å². The third-order valence-electron chi connectivity index (χ3n) is 4.81. The average molecular weight is 324 g/mol. The summed E-state index contributed by atoms with van der Waals surface area (Å²) in [5.74, 6) is 0. The smallest absolute Gasteiger partial charge is 0.216 e. The van der Waals surface area contributed by atoms with Gasteiger partial charge in [-0.1, -0.05) is 37.3 Å². The van der Waals surface area contributed by atoms with Crippen LogP contribution >= 0.6 is 0 Å². The molecular weight excluding hydrogens is 296 g/mol. The molecule has 1 saturated heterocycles. The maximum Gasteiger partial charge on any atom is 0.216 e. The van der Waals surface area contributed by atoms with E-state index in [1.807, 2.05) is 13.0 Å². The Morgan fingerprint density at radius 2 is 1.82 bits per heavy atom. The molecule has 1 aliphatic heterocycles. The maximum atomic E-state index is 12.4. The fourth-order valence-electron chi connectivity index (χ4n) is 2.98. The van der Waals surface area contributed by atoms with E-state index in [1.54, 1.807) is 18.3 Å². The summed E-state index contributed by atoms with van der Waals surface area (Å²) in [4.78, 5) is 2.41. The number of nitrogens with zero attached hydrogens (tertiary/aromatic N) is 2. The quantitative estimate of drug-likeness (QED) is 0.808. The van der Waals surface area contributed by atoms with Gasteiger partial charge in [0.15, 0.2) is 0 Å². The Morgan fingerprint density at radius 1 is 1.23 bits per heavy atom. The zero-order chi connectivity index (χ0) is 16.2. The molecule has 1 aliphatic rings. The Labute approximate surface area is 135 Å². The van der Waals surface area contributed by atoms with E-state index in [-0.39, 0.29) is 11.3 Å². The molecular formula is C17H28N2O2S. The first kappa shape index (κ1) is 17.4. The first-order valence-electron chi connectivity index (χ1n) is 8.18. The molecule has 0 bridgehead atoms. The maximum absolute atomic E-state index is 12.4. The van der Waals surface area contributed by atoms with Crippen LogP contribution in [0, 0.1) is 0 Å². The third-order valence-corrected chi connectivity index (χ3v) is 7.26. The van der Waals surface area contributed by atoms with Gasteiger partial charge in [-0.15, -0.1) is 0 Å². The molecule has 1 fully saturated rings. The van der Waals surface area contributed by atoms with E-state index < -0.39 is 10.0 Å². The Morgan fingerprint density at radius 3 is 2.36 bits per heavy atom. The highest BCUT2D eigenvalue weighted by molar-refractivity contribution is 7.89. The van der Waals surface area contributed by atoms with Crippen molar-refractivity contribution in [2.75, 3.05) is 20.1 Å². The molecule has 22 heavy (non-hydrogen) atoms. The minimum absolute atomic E-state index is 0.144. The van der Waals surface area contributed by atoms with Gasteiger partial charge in [-0.05, 0) is 31.7 Å². The van der Waals surface area contributed by atoms with Crippen molar-refractivity contribution in [2.24, 2.45) is 0 Å². The van der Waals surface area contributed by atoms with Crippen molar-refractivity contribution in [1.29, 1.82) is 0 Å². The molecule has 124 valence electrons. The van der Waals surface area contributed by atoms with Crippen LogP contribution in [0.3, 0.4) is 0 Å². The largest absolute Gasteiger partial charge is 0.299 e. The van der Waals surface area contributed by atoms with Crippen molar-refractivity contribution in [3.63, 3.8) is 0 Å². The number of hydrogen-bond acceptors (Lipinski definition) is 3. The van der Waals surface area contributed by atoms with Gasteiger partial charge in [-0.3, -0.25) is 4.90 Å². The molecule has 0 radical (unpaired) electrons. The highest BCUT2D eigenvalue weighted by atomic mass is 32.2. The van der Waals surface area contributed by atoms with Crippen LogP contribution in [0.15, 0.2) is 30.3 Å². The van der Waals surface area contributed by atoms with Crippen molar-refractivity contribution in [2.45, 2.75) is 50.9 Å². The number of rotatable bonds is 6. The van der Waals surface area contributed by atoms with Crippen LogP contribution in [-0.2, 0) is 16.6 Å². The van der Waals surface area contributed by atoms with Crippen LogP contribution in [0.4, 0.5) is 0 Å². The second-order valence-electron chi connectivity index (χ2n) is 6.27. The van der Waals surface area contributed by atoms with Crippen LogP contribution < -0.4 is 0 Å². The van der Waals surface area contributed by atoms with Gasteiger partial charge in [0.05, 0.1) is 5.25 Å². The van der Waals surface area contributed by atoms with Crippen LogP contribution in [-0.4, -0.2) is 49.1 Å². The summed E-state index contributed by atoms with van der Waals surface area (Å²) in [7, 11) is -1.40. The standard InChI is InChI=1S/C17H28N2O2S/c1-4-15(2)22(20,21)18(3)17-10-12-19(13-11-17)14-16-8-6-5-7-9-16/h5-9,15,17H,4,10-14H2,1-3H3/t15-/m1/s1. The summed E-state index contributed by atoms with van der Waals surface area (Å²) in [5.41, 5.74) is 1.32. The van der Waals surface area contributed by atoms with Crippen LogP contribution in [0.1, 0.15) is 38.7 Å². The molecule has 0 unspecified atom stereocenters. The molecule has 5 heteroatoms. The SMILES string of the molecule is CC[C@@H](C)S(=O)(=O)N(C)C1CCN(Cc2ccccc2)CC1. The topological polar surface area (TPSA) is 40.6 Å². The molecule has 0 aliphatic carbocycles. The summed E-state index contributed by atoms with van der Waals surface area (Å²) >= 11 is 0. The van der Waals surface area contributed by atoms with E-state index in [0.717, 1.165) is 32.5 Å². The Kier molecular flexibility index (Phi) is 6.01. The van der Waals surface area contributed by atoms with E-state index in [4.69, 9.17) is 0 Å². The van der Waals surface area contributed by atoms with E-state index >= 15 is 0 Å². The van der Waals surface area contributed by atoms with Crippen molar-refractivity contribution < 1.29 is 8.42 Å². The van der Waals surface area contributed by atoms with E-state index in [0.29, 0.717) is 6.42 Å². The first-order valence-corrected chi connectivity index (χ1v) is 9.68. The summed E-state index contributed by atoms with van der Waals surface area (Å²) in [5, 5.41) is -0.292. The number of piperidine rings is 1. The molecule has 1 atom stereocenters. The number of benzene rings is 1. The first-order chi connectivity index (χ1) is 10.4. The Bertz CT molecular complexity index is 551. The normalized spacial score (nSPS) is 19.5. The van der Waals surface area contributed by atoms with Crippen molar-refractivity contribution in [1.82, 2.24) is 9.21 Å². The molecule has 1 aromatic carbocycles. The summed E-state index contributed by atoms with van der Waals surface area (Å²) < 4.78 is 26.5. The molecule has 0 N–H and O–H groups in total. The van der Waals surface area contributed by atoms with Gasteiger partial charge < -0.3 is 0 Å². The molecule has 4 nitrogen and oxygen atoms in total. The van der Waals surface area contributed by atoms with Crippen LogP contribution in [0.25, 0.3) is 0 Å². The molecule has 0 spiro atoms. The fourth-order valence-corrected chi connectivity index (χ4v) is 4.60. The minimum atomic E-state index is -3.15. The summed E-state index contributed by atoms with van der Waals surface area (Å²) in [6.45, 7) is 6.60. The van der Waals surface area contributed by atoms with Gasteiger partial charge in [0.2, 0.25) is 10.0 Å². The van der Waals surface area contributed by atoms with Crippen molar-refractivity contribution in [3.05, 3.63) is 35.9 Å². The van der Waals surface area contributed by atoms with Crippen molar-refractivity contribution >= 4 is 10.0 Å². The van der Waals surface area contributed by atoms with E-state index in [2.05, 4.69) is 29.2 Å². The second kappa shape index (κ2) is 7.57. The predicted molar refractivity (Wildman–Crippen MR) is 91.2 cm³/mol. The fraction of sp³-hybridized carbons (Fsp3) is 0.647. The summed E-state index contributed by atoms with van der Waals surface area (Å²) in [6, 6.07) is 10.6. The highest BCUT2D eigenvalue weighted by Gasteiger charge is 2.32. The van der Waals surface area contributed by atoms with Crippen molar-refractivity contribution in [3.8, 4) is 0 Å². The lowest BCUT2D eigenvalue weighted by molar-refractivity contribution is 0.163. The number of hydrogen-bond donors (Lipinski definition) is 0. The molecule has 0 saturated carbocycles. The zero-order valence-electron chi connectivity index (χ0n) is 13.9. The van der Waals surface area contributed by atoms with Gasteiger partial charge in [-0.2, -0.15) is 0 Å². The zero-order valence-corrected chi connectivity index (χ0v) is 14.7. The highest BCUT2D eigenvalue weighted by Crippen LogP contribution is 2.22. The van der Waals surface area contributed by atoms with E-state index in [9.17, 15) is 8.42 Å². The number of sulfonamides is 1. The van der Waals surface area contributed by atoms with E-state index in [1.165, 1.54) is 5.56 Å². The van der Waals surface area contributed by atoms with Crippen LogP contribution in [0.2, 0.25) is 0 Å². The monoisotopic (exact) mass is 324 g/mol. The summed E-state index contributed by atoms with van der Waals surface area (Å²) in [6.07, 6.45) is 2.50. The van der Waals surface area contributed by atoms with Crippen LogP contribution in [0.5, 0.6) is 0 Å². The third kappa shape index (κ3) is 4.09. The molecule has 0 amide bonds.